The van der Waals surface area contributed by atoms with Crippen molar-refractivity contribution < 1.29 is 45.4 Å². The number of rotatable bonds is 12. The van der Waals surface area contributed by atoms with Crippen LogP contribution in [0.5, 0.6) is 0 Å². The van der Waals surface area contributed by atoms with Gasteiger partial charge in [-0.15, -0.1) is 0 Å². The maximum atomic E-state index is 12.2. The van der Waals surface area contributed by atoms with Crippen molar-refractivity contribution in [1.82, 2.24) is 19.2 Å². The van der Waals surface area contributed by atoms with E-state index in [9.17, 15) is 26.4 Å². The van der Waals surface area contributed by atoms with Crippen molar-refractivity contribution in [2.45, 2.75) is 154 Å². The van der Waals surface area contributed by atoms with Crippen LogP contribution in [0.25, 0.3) is 0 Å². The fraction of sp³-hybridized carbons (Fsp3) is 0.944. The number of likely N-dealkylation sites (tertiary alicyclic amines) is 2. The molecule has 0 bridgehead atoms. The Bertz CT molecular complexity index is 1250. The molecule has 0 spiro atoms. The lowest BCUT2D eigenvalue weighted by Gasteiger charge is -2.34. The summed E-state index contributed by atoms with van der Waals surface area (Å²) in [7, 11) is -4.04. The van der Waals surface area contributed by atoms with Crippen molar-refractivity contribution in [3.05, 3.63) is 0 Å². The molecule has 0 radical (unpaired) electrons. The molecule has 2 saturated heterocycles. The van der Waals surface area contributed by atoms with E-state index in [1.807, 2.05) is 13.8 Å². The van der Waals surface area contributed by atoms with Crippen LogP contribution in [0.3, 0.4) is 0 Å². The highest BCUT2D eigenvalue weighted by atomic mass is 32.2. The van der Waals surface area contributed by atoms with Crippen LogP contribution in [-0.4, -0.2) is 127 Å². The molecule has 4 rings (SSSR count). The molecule has 2 N–H and O–H groups in total. The van der Waals surface area contributed by atoms with Gasteiger partial charge in [0.2, 0.25) is 20.0 Å². The first-order valence-electron chi connectivity index (χ1n) is 19.1. The second-order valence-corrected chi connectivity index (χ2v) is 19.8. The molecule has 2 amide bonds. The predicted molar refractivity (Wildman–Crippen MR) is 201 cm³/mol. The van der Waals surface area contributed by atoms with Crippen molar-refractivity contribution in [2.75, 3.05) is 39.9 Å². The van der Waals surface area contributed by atoms with Crippen LogP contribution < -0.4 is 9.44 Å². The van der Waals surface area contributed by atoms with E-state index in [1.54, 1.807) is 9.80 Å². The lowest BCUT2D eigenvalue weighted by Crippen LogP contribution is -2.50. The van der Waals surface area contributed by atoms with E-state index in [2.05, 4.69) is 37.1 Å². The molecule has 0 aromatic carbocycles. The zero-order chi connectivity index (χ0) is 39.0. The summed E-state index contributed by atoms with van der Waals surface area (Å²) in [6, 6.07) is -1.62. The number of nitrogens with one attached hydrogen (secondary N) is 2. The van der Waals surface area contributed by atoms with E-state index in [1.165, 1.54) is 14.2 Å². The lowest BCUT2D eigenvalue weighted by molar-refractivity contribution is -0.0160. The Kier molecular flexibility index (Phi) is 17.0. The Morgan fingerprint density at radius 3 is 1.17 bits per heavy atom. The second-order valence-electron chi connectivity index (χ2n) is 16.3. The molecule has 16 heteroatoms. The third-order valence-corrected chi connectivity index (χ3v) is 13.1. The number of sulfonamides is 2. The average molecular weight is 781 g/mol. The third kappa shape index (κ3) is 13.2. The van der Waals surface area contributed by atoms with Gasteiger partial charge in [0, 0.05) is 24.2 Å². The Balaban J connectivity index is 0.000000280. The zero-order valence-corrected chi connectivity index (χ0v) is 34.8. The summed E-state index contributed by atoms with van der Waals surface area (Å²) in [4.78, 5) is 27.6. The average Bonchev–Trinajstić information content (AvgIpc) is 3.53. The molecule has 2 saturated carbocycles. The predicted octanol–water partition coefficient (Wildman–Crippen LogP) is 4.73. The van der Waals surface area contributed by atoms with Crippen LogP contribution in [0, 0.1) is 23.7 Å². The second kappa shape index (κ2) is 19.7. The Hall–Kier alpha value is -1.72. The quantitative estimate of drug-likeness (QED) is 0.283. The molecule has 2 aliphatic carbocycles. The molecule has 2 heterocycles. The Morgan fingerprint density at radius 1 is 0.615 bits per heavy atom. The molecular weight excluding hydrogens is 713 g/mol. The number of hydrogen-bond acceptors (Lipinski definition) is 10. The van der Waals surface area contributed by atoms with Crippen LogP contribution in [0.2, 0.25) is 0 Å². The van der Waals surface area contributed by atoms with E-state index >= 15 is 0 Å². The third-order valence-electron chi connectivity index (χ3n) is 11.6. The minimum Gasteiger partial charge on any atom is -0.453 e. The van der Waals surface area contributed by atoms with Crippen molar-refractivity contribution in [2.24, 2.45) is 23.7 Å². The number of amides is 2. The Labute approximate surface area is 313 Å². The first-order valence-corrected chi connectivity index (χ1v) is 22.9. The molecule has 4 aliphatic rings. The van der Waals surface area contributed by atoms with E-state index in [0.717, 1.165) is 75.7 Å². The minimum absolute atomic E-state index is 0.105. The smallest absolute Gasteiger partial charge is 0.410 e. The van der Waals surface area contributed by atoms with E-state index in [0.29, 0.717) is 37.9 Å². The molecule has 4 fully saturated rings. The van der Waals surface area contributed by atoms with E-state index in [4.69, 9.17) is 18.9 Å². The first-order chi connectivity index (χ1) is 24.2. The maximum Gasteiger partial charge on any atom is 0.410 e. The van der Waals surface area contributed by atoms with Gasteiger partial charge in [0.05, 0.1) is 64.2 Å². The van der Waals surface area contributed by atoms with Crippen molar-refractivity contribution >= 4 is 32.2 Å². The normalized spacial score (nSPS) is 32.8. The molecule has 52 heavy (non-hydrogen) atoms. The largest absolute Gasteiger partial charge is 0.453 e. The van der Waals surface area contributed by atoms with Gasteiger partial charge < -0.3 is 18.9 Å². The number of nitrogens with zero attached hydrogens (tertiary/aromatic N) is 2. The highest BCUT2D eigenvalue weighted by Gasteiger charge is 2.45. The fourth-order valence-electron chi connectivity index (χ4n) is 8.67. The summed E-state index contributed by atoms with van der Waals surface area (Å²) in [5, 5.41) is 0. The van der Waals surface area contributed by atoms with Crippen LogP contribution in [-0.2, 0) is 39.0 Å². The highest BCUT2D eigenvalue weighted by Crippen LogP contribution is 2.34. The number of carbonyl (C=O) groups excluding carboxylic acids is 2. The minimum atomic E-state index is -3.36. The maximum absolute atomic E-state index is 12.2. The summed E-state index contributed by atoms with van der Waals surface area (Å²) < 4.78 is 74.2. The lowest BCUT2D eigenvalue weighted by atomic mass is 9.80. The van der Waals surface area contributed by atoms with Crippen molar-refractivity contribution in [3.8, 4) is 0 Å². The van der Waals surface area contributed by atoms with Gasteiger partial charge in [-0.3, -0.25) is 9.80 Å². The molecule has 0 unspecified atom stereocenters. The molecular formula is C36H68N4O10S2. The topological polar surface area (TPSA) is 170 Å². The van der Waals surface area contributed by atoms with Gasteiger partial charge in [0.1, 0.15) is 0 Å². The number of hydrogen-bond donors (Lipinski definition) is 2. The van der Waals surface area contributed by atoms with Crippen LogP contribution in [0.1, 0.15) is 106 Å². The van der Waals surface area contributed by atoms with Crippen molar-refractivity contribution in [1.29, 1.82) is 0 Å². The highest BCUT2D eigenvalue weighted by molar-refractivity contribution is 7.89. The fourth-order valence-corrected chi connectivity index (χ4v) is 10.3. The summed E-state index contributed by atoms with van der Waals surface area (Å²) >= 11 is 0. The standard InChI is InChI=1S/2C18H34N2O5S/c2*1-12(2)14-6-8-15(9-7-14)25-11-17-16(19-26(5,22)23)10-13(3)20(17)18(21)24-4/h2*12-17,19H,6-11H2,1-5H3/t2*13-,14?,15?,16+,17+/m11/s1. The molecule has 0 aromatic heterocycles. The number of methoxy groups -OCH3 is 2. The van der Waals surface area contributed by atoms with Gasteiger partial charge in [-0.1, -0.05) is 27.7 Å². The SMILES string of the molecule is COC(=O)N1[C@H](C)C[C@H](NS(C)(=O)=O)[C@@H]1COC1CCC(C(C)C)CC1.COC(=O)N1[C@H](C)C[C@H](NS(C)(=O)=O)[C@@H]1COC1CCC(C(C)C)CC1. The first kappa shape index (κ1) is 44.7. The van der Waals surface area contributed by atoms with Crippen molar-refractivity contribution in [3.63, 3.8) is 0 Å². The van der Waals surface area contributed by atoms with Gasteiger partial charge in [-0.05, 0) is 102 Å². The number of ether oxygens (including phenoxy) is 4. The summed E-state index contributed by atoms with van der Waals surface area (Å²) in [6.45, 7) is 13.5. The van der Waals surface area contributed by atoms with Crippen LogP contribution >= 0.6 is 0 Å². The van der Waals surface area contributed by atoms with Gasteiger partial charge in [0.25, 0.3) is 0 Å². The number of carbonyl (C=O) groups is 2. The zero-order valence-electron chi connectivity index (χ0n) is 33.2. The molecule has 6 atom stereocenters. The monoisotopic (exact) mass is 780 g/mol. The van der Waals surface area contributed by atoms with Gasteiger partial charge in [0.15, 0.2) is 0 Å². The van der Waals surface area contributed by atoms with Gasteiger partial charge >= 0.3 is 12.2 Å². The molecule has 304 valence electrons. The summed E-state index contributed by atoms with van der Waals surface area (Å²) in [6.07, 6.45) is 11.6. The molecule has 0 aromatic rings. The Morgan fingerprint density at radius 2 is 0.923 bits per heavy atom. The van der Waals surface area contributed by atoms with Gasteiger partial charge in [-0.2, -0.15) is 0 Å². The molecule has 2 aliphatic heterocycles. The molecule has 14 nitrogen and oxygen atoms in total. The van der Waals surface area contributed by atoms with E-state index in [-0.39, 0.29) is 48.5 Å². The van der Waals surface area contributed by atoms with E-state index < -0.39 is 32.2 Å². The van der Waals surface area contributed by atoms with Gasteiger partial charge in [-0.25, -0.2) is 35.9 Å². The van der Waals surface area contributed by atoms with Crippen LogP contribution in [0.15, 0.2) is 0 Å². The summed E-state index contributed by atoms with van der Waals surface area (Å²) in [5.74, 6) is 2.91. The summed E-state index contributed by atoms with van der Waals surface area (Å²) in [5.41, 5.74) is 0. The van der Waals surface area contributed by atoms with Crippen LogP contribution in [0.4, 0.5) is 9.59 Å².